The van der Waals surface area contributed by atoms with E-state index in [0.29, 0.717) is 17.5 Å². The standard InChI is InChI=1S/C14H21N3O2/c1-15-10-5-7-11(8-6-10)17-13(18)12-4-3-9-16-14(12)19-2/h3-4,9-11,15H,5-8H2,1-2H3,(H,17,18). The van der Waals surface area contributed by atoms with Crippen molar-refractivity contribution in [1.29, 1.82) is 0 Å². The van der Waals surface area contributed by atoms with Crippen molar-refractivity contribution in [2.24, 2.45) is 0 Å². The van der Waals surface area contributed by atoms with E-state index in [-0.39, 0.29) is 11.9 Å². The van der Waals surface area contributed by atoms with Gasteiger partial charge >= 0.3 is 0 Å². The van der Waals surface area contributed by atoms with Gasteiger partial charge < -0.3 is 15.4 Å². The van der Waals surface area contributed by atoms with Crippen molar-refractivity contribution in [2.45, 2.75) is 37.8 Å². The summed E-state index contributed by atoms with van der Waals surface area (Å²) in [6.45, 7) is 0. The second kappa shape index (κ2) is 6.52. The summed E-state index contributed by atoms with van der Waals surface area (Å²) in [6.07, 6.45) is 5.85. The molecule has 1 saturated carbocycles. The number of rotatable bonds is 4. The van der Waals surface area contributed by atoms with Crippen LogP contribution >= 0.6 is 0 Å². The molecule has 1 fully saturated rings. The van der Waals surface area contributed by atoms with Gasteiger partial charge in [0.05, 0.1) is 7.11 Å². The topological polar surface area (TPSA) is 63.2 Å². The van der Waals surface area contributed by atoms with Gasteiger partial charge in [-0.15, -0.1) is 0 Å². The molecule has 5 heteroatoms. The zero-order chi connectivity index (χ0) is 13.7. The first kappa shape index (κ1) is 13.8. The number of carbonyl (C=O) groups is 1. The molecular weight excluding hydrogens is 242 g/mol. The van der Waals surface area contributed by atoms with Gasteiger partial charge in [0.1, 0.15) is 5.56 Å². The van der Waals surface area contributed by atoms with E-state index in [0.717, 1.165) is 25.7 Å². The van der Waals surface area contributed by atoms with Crippen molar-refractivity contribution in [3.05, 3.63) is 23.9 Å². The molecule has 1 aromatic heterocycles. The molecule has 1 aromatic rings. The quantitative estimate of drug-likeness (QED) is 0.860. The number of nitrogens with one attached hydrogen (secondary N) is 2. The predicted molar refractivity (Wildman–Crippen MR) is 73.4 cm³/mol. The summed E-state index contributed by atoms with van der Waals surface area (Å²) in [4.78, 5) is 16.2. The lowest BCUT2D eigenvalue weighted by molar-refractivity contribution is 0.0921. The number of aromatic nitrogens is 1. The van der Waals surface area contributed by atoms with E-state index in [1.807, 2.05) is 7.05 Å². The molecule has 0 unspecified atom stereocenters. The smallest absolute Gasteiger partial charge is 0.256 e. The van der Waals surface area contributed by atoms with Gasteiger partial charge in [-0.1, -0.05) is 0 Å². The molecular formula is C14H21N3O2. The Kier molecular flexibility index (Phi) is 4.74. The van der Waals surface area contributed by atoms with Crippen LogP contribution in [0.15, 0.2) is 18.3 Å². The largest absolute Gasteiger partial charge is 0.480 e. The maximum atomic E-state index is 12.2. The first-order chi connectivity index (χ1) is 9.24. The van der Waals surface area contributed by atoms with Gasteiger partial charge in [-0.2, -0.15) is 0 Å². The predicted octanol–water partition coefficient (Wildman–Crippen LogP) is 1.35. The zero-order valence-electron chi connectivity index (χ0n) is 11.5. The molecule has 2 rings (SSSR count). The van der Waals surface area contributed by atoms with Crippen molar-refractivity contribution < 1.29 is 9.53 Å². The highest BCUT2D eigenvalue weighted by Gasteiger charge is 2.22. The normalized spacial score (nSPS) is 22.8. The lowest BCUT2D eigenvalue weighted by Gasteiger charge is -2.28. The summed E-state index contributed by atoms with van der Waals surface area (Å²) in [7, 11) is 3.52. The Morgan fingerprint density at radius 3 is 2.63 bits per heavy atom. The Morgan fingerprint density at radius 1 is 1.32 bits per heavy atom. The average molecular weight is 263 g/mol. The molecule has 0 aromatic carbocycles. The van der Waals surface area contributed by atoms with Gasteiger partial charge in [-0.25, -0.2) is 4.98 Å². The van der Waals surface area contributed by atoms with Crippen molar-refractivity contribution in [2.75, 3.05) is 14.2 Å². The molecule has 0 atom stereocenters. The van der Waals surface area contributed by atoms with Crippen molar-refractivity contribution in [1.82, 2.24) is 15.6 Å². The molecule has 0 saturated heterocycles. The number of nitrogens with zero attached hydrogens (tertiary/aromatic N) is 1. The van der Waals surface area contributed by atoms with Crippen molar-refractivity contribution >= 4 is 5.91 Å². The van der Waals surface area contributed by atoms with E-state index >= 15 is 0 Å². The summed E-state index contributed by atoms with van der Waals surface area (Å²) in [5.41, 5.74) is 0.501. The van der Waals surface area contributed by atoms with Crippen LogP contribution in [0.4, 0.5) is 0 Å². The van der Waals surface area contributed by atoms with E-state index < -0.39 is 0 Å². The Balaban J connectivity index is 1.94. The summed E-state index contributed by atoms with van der Waals surface area (Å²) < 4.78 is 5.11. The third-order valence-corrected chi connectivity index (χ3v) is 3.68. The molecule has 2 N–H and O–H groups in total. The third kappa shape index (κ3) is 3.44. The van der Waals surface area contributed by atoms with Crippen LogP contribution in [0.2, 0.25) is 0 Å². The zero-order valence-corrected chi connectivity index (χ0v) is 11.5. The van der Waals surface area contributed by atoms with Crippen LogP contribution in [0.25, 0.3) is 0 Å². The monoisotopic (exact) mass is 263 g/mol. The van der Waals surface area contributed by atoms with Gasteiger partial charge in [0, 0.05) is 18.3 Å². The van der Waals surface area contributed by atoms with E-state index in [4.69, 9.17) is 4.74 Å². The maximum absolute atomic E-state index is 12.2. The minimum absolute atomic E-state index is 0.0992. The number of hydrogen-bond donors (Lipinski definition) is 2. The lowest BCUT2D eigenvalue weighted by atomic mass is 9.91. The number of hydrogen-bond acceptors (Lipinski definition) is 4. The molecule has 0 radical (unpaired) electrons. The molecule has 1 heterocycles. The van der Waals surface area contributed by atoms with Crippen LogP contribution in [0.1, 0.15) is 36.0 Å². The fraction of sp³-hybridized carbons (Fsp3) is 0.571. The molecule has 1 aliphatic rings. The minimum atomic E-state index is -0.0992. The van der Waals surface area contributed by atoms with Gasteiger partial charge in [0.2, 0.25) is 5.88 Å². The number of ether oxygens (including phenoxy) is 1. The van der Waals surface area contributed by atoms with E-state index in [1.54, 1.807) is 18.3 Å². The Bertz CT molecular complexity index is 428. The minimum Gasteiger partial charge on any atom is -0.480 e. The molecule has 0 aliphatic heterocycles. The van der Waals surface area contributed by atoms with Crippen LogP contribution in [0, 0.1) is 0 Å². The van der Waals surface area contributed by atoms with Crippen LogP contribution in [-0.2, 0) is 0 Å². The molecule has 0 spiro atoms. The van der Waals surface area contributed by atoms with Crippen LogP contribution < -0.4 is 15.4 Å². The van der Waals surface area contributed by atoms with E-state index in [9.17, 15) is 4.79 Å². The van der Waals surface area contributed by atoms with Crippen molar-refractivity contribution in [3.8, 4) is 5.88 Å². The molecule has 5 nitrogen and oxygen atoms in total. The van der Waals surface area contributed by atoms with Crippen LogP contribution in [0.3, 0.4) is 0 Å². The molecule has 1 aliphatic carbocycles. The Labute approximate surface area is 113 Å². The third-order valence-electron chi connectivity index (χ3n) is 3.68. The number of methoxy groups -OCH3 is 1. The lowest BCUT2D eigenvalue weighted by Crippen LogP contribution is -2.41. The summed E-state index contributed by atoms with van der Waals surface area (Å²) in [6, 6.07) is 4.32. The number of amides is 1. The maximum Gasteiger partial charge on any atom is 0.256 e. The fourth-order valence-corrected chi connectivity index (χ4v) is 2.52. The van der Waals surface area contributed by atoms with Crippen LogP contribution in [-0.4, -0.2) is 37.1 Å². The van der Waals surface area contributed by atoms with E-state index in [1.165, 1.54) is 7.11 Å². The Morgan fingerprint density at radius 2 is 2.00 bits per heavy atom. The van der Waals surface area contributed by atoms with Gasteiger partial charge in [-0.3, -0.25) is 4.79 Å². The molecule has 1 amide bonds. The summed E-state index contributed by atoms with van der Waals surface area (Å²) in [5.74, 6) is 0.279. The highest BCUT2D eigenvalue weighted by atomic mass is 16.5. The second-order valence-electron chi connectivity index (χ2n) is 4.87. The summed E-state index contributed by atoms with van der Waals surface area (Å²) >= 11 is 0. The van der Waals surface area contributed by atoms with Gasteiger partial charge in [0.15, 0.2) is 0 Å². The SMILES string of the molecule is CNC1CCC(NC(=O)c2cccnc2OC)CC1. The van der Waals surface area contributed by atoms with Gasteiger partial charge in [0.25, 0.3) is 5.91 Å². The molecule has 19 heavy (non-hydrogen) atoms. The molecule has 0 bridgehead atoms. The molecule has 104 valence electrons. The van der Waals surface area contributed by atoms with Crippen LogP contribution in [0.5, 0.6) is 5.88 Å². The first-order valence-corrected chi connectivity index (χ1v) is 6.71. The Hall–Kier alpha value is -1.62. The number of carbonyl (C=O) groups excluding carboxylic acids is 1. The fourth-order valence-electron chi connectivity index (χ4n) is 2.52. The second-order valence-corrected chi connectivity index (χ2v) is 4.87. The summed E-state index contributed by atoms with van der Waals surface area (Å²) in [5, 5.41) is 6.35. The highest BCUT2D eigenvalue weighted by Crippen LogP contribution is 2.20. The van der Waals surface area contributed by atoms with Gasteiger partial charge in [-0.05, 0) is 44.9 Å². The van der Waals surface area contributed by atoms with E-state index in [2.05, 4.69) is 15.6 Å². The first-order valence-electron chi connectivity index (χ1n) is 6.71. The highest BCUT2D eigenvalue weighted by molar-refractivity contribution is 5.96. The number of pyridine rings is 1. The average Bonchev–Trinajstić information content (AvgIpc) is 2.48. The van der Waals surface area contributed by atoms with Crippen molar-refractivity contribution in [3.63, 3.8) is 0 Å².